The third-order valence-corrected chi connectivity index (χ3v) is 1.20. The van der Waals surface area contributed by atoms with Crippen LogP contribution in [0.15, 0.2) is 0 Å². The summed E-state index contributed by atoms with van der Waals surface area (Å²) in [6, 6.07) is 0. The van der Waals surface area contributed by atoms with Crippen molar-refractivity contribution in [3.63, 3.8) is 0 Å². The molecule has 88 valence electrons. The van der Waals surface area contributed by atoms with E-state index in [4.69, 9.17) is 15.1 Å². The fraction of sp³-hybridized carbons (Fsp3) is 0.800. The molecule has 1 atom stereocenters. The van der Waals surface area contributed by atoms with E-state index in [2.05, 4.69) is 4.74 Å². The van der Waals surface area contributed by atoms with Crippen LogP contribution in [0.25, 0.3) is 0 Å². The van der Waals surface area contributed by atoms with Gasteiger partial charge in [-0.15, -0.1) is 0 Å². The minimum absolute atomic E-state index is 0.455. The van der Waals surface area contributed by atoms with Crippen LogP contribution < -0.4 is 5.11 Å². The number of aliphatic carboxylic acids is 1. The van der Waals surface area contributed by atoms with E-state index in [0.717, 1.165) is 0 Å². The monoisotopic (exact) mass is 228 g/mol. The number of ether oxygens (including phenoxy) is 1. The Hall–Kier alpha value is -1.10. The summed E-state index contributed by atoms with van der Waals surface area (Å²) in [7, 11) is 0. The van der Waals surface area contributed by atoms with E-state index in [1.807, 2.05) is 0 Å². The van der Waals surface area contributed by atoms with Gasteiger partial charge in [0.05, 0.1) is 35.5 Å². The van der Waals surface area contributed by atoms with E-state index in [-0.39, 0.29) is 0 Å². The first-order valence-corrected chi connectivity index (χ1v) is 3.87. The Morgan fingerprint density at radius 2 is 2.27 bits per heavy atom. The third kappa shape index (κ3) is 6.90. The Morgan fingerprint density at radius 3 is 2.60 bits per heavy atom. The van der Waals surface area contributed by atoms with E-state index < -0.39 is 55.9 Å². The van der Waals surface area contributed by atoms with Gasteiger partial charge < -0.3 is 19.1 Å². The summed E-state index contributed by atoms with van der Waals surface area (Å²) in [5, 5.41) is 10.9. The van der Waals surface area contributed by atoms with E-state index in [9.17, 15) is 14.7 Å². The number of likely N-dealkylation sites (N-methyl/N-ethyl adjacent to an activating group) is 1. The number of quaternary nitrogens is 1. The standard InChI is InChI=1S/C10H19NO4/c1-5-11(3,4)7-9(6-10(13)14)15-8(2)12/h9H,5-7H2,1-4H3/t9-/m1/s1/i3D3,4D3,5D2,7D2,9D. The Bertz CT molecular complexity index is 511. The number of carbonyl (C=O) groups is 2. The summed E-state index contributed by atoms with van der Waals surface area (Å²) in [5.41, 5.74) is 0. The van der Waals surface area contributed by atoms with Crippen molar-refractivity contribution in [2.75, 3.05) is 26.9 Å². The first-order valence-electron chi connectivity index (χ1n) is 9.37. The van der Waals surface area contributed by atoms with Gasteiger partial charge in [0, 0.05) is 19.3 Å². The van der Waals surface area contributed by atoms with Gasteiger partial charge in [0.2, 0.25) is 0 Å². The van der Waals surface area contributed by atoms with Gasteiger partial charge in [0.25, 0.3) is 0 Å². The molecule has 15 heavy (non-hydrogen) atoms. The number of hydrogen-bond donors (Lipinski definition) is 0. The van der Waals surface area contributed by atoms with Crippen LogP contribution in [-0.2, 0) is 14.3 Å². The zero-order valence-electron chi connectivity index (χ0n) is 19.3. The molecule has 0 rings (SSSR count). The summed E-state index contributed by atoms with van der Waals surface area (Å²) < 4.78 is 86.1. The van der Waals surface area contributed by atoms with Crippen LogP contribution >= 0.6 is 0 Å². The minimum Gasteiger partial charge on any atom is -0.550 e. The number of carbonyl (C=O) groups excluding carboxylic acids is 2. The van der Waals surface area contributed by atoms with Gasteiger partial charge >= 0.3 is 5.97 Å². The van der Waals surface area contributed by atoms with Gasteiger partial charge in [-0.05, 0) is 6.92 Å². The summed E-state index contributed by atoms with van der Waals surface area (Å²) in [5.74, 6) is -3.55. The van der Waals surface area contributed by atoms with E-state index in [1.165, 1.54) is 0 Å². The molecule has 0 bridgehead atoms. The number of carboxylic acid groups (broad SMARTS) is 1. The quantitative estimate of drug-likeness (QED) is 0.439. The second-order valence-electron chi connectivity index (χ2n) is 2.57. The highest BCUT2D eigenvalue weighted by Crippen LogP contribution is 2.06. The fourth-order valence-electron chi connectivity index (χ4n) is 0.646. The number of rotatable bonds is 6. The average Bonchev–Trinajstić information content (AvgIpc) is 2.18. The molecule has 0 saturated heterocycles. The molecule has 0 unspecified atom stereocenters. The highest BCUT2D eigenvalue weighted by Gasteiger charge is 2.22. The molecule has 0 fully saturated rings. The third-order valence-electron chi connectivity index (χ3n) is 1.20. The number of carboxylic acids is 1. The average molecular weight is 228 g/mol. The maximum atomic E-state index is 11.3. The van der Waals surface area contributed by atoms with Crippen LogP contribution in [0.2, 0.25) is 0 Å². The summed E-state index contributed by atoms with van der Waals surface area (Å²) in [4.78, 5) is 22.2. The molecule has 0 spiro atoms. The molecule has 0 aliphatic carbocycles. The Morgan fingerprint density at radius 1 is 1.67 bits per heavy atom. The SMILES string of the molecule is [2H]C([2H])([2H])[N+](C([2H])([2H])[2H])(C([2H])([2H])C)C([2H])([2H])[C@@]([2H])(CC(=O)[O-])OC(C)=O. The maximum absolute atomic E-state index is 11.3. The Kier molecular flexibility index (Phi) is 1.54. The van der Waals surface area contributed by atoms with Crippen molar-refractivity contribution in [1.82, 2.24) is 0 Å². The van der Waals surface area contributed by atoms with Gasteiger partial charge in [-0.3, -0.25) is 4.79 Å². The topological polar surface area (TPSA) is 66.4 Å². The van der Waals surface area contributed by atoms with Crippen molar-refractivity contribution in [2.24, 2.45) is 0 Å². The lowest BCUT2D eigenvalue weighted by Crippen LogP contribution is -2.47. The molecule has 0 N–H and O–H groups in total. The normalized spacial score (nSPS) is 29.9. The molecular weight excluding hydrogens is 198 g/mol. The highest BCUT2D eigenvalue weighted by molar-refractivity contribution is 5.68. The fourth-order valence-corrected chi connectivity index (χ4v) is 0.646. The van der Waals surface area contributed by atoms with E-state index >= 15 is 0 Å². The molecule has 5 nitrogen and oxygen atoms in total. The minimum atomic E-state index is -4.08. The first kappa shape index (κ1) is 4.05. The number of nitrogens with zero attached hydrogens (tertiary/aromatic N) is 1. The number of esters is 1. The van der Waals surface area contributed by atoms with Crippen molar-refractivity contribution in [3.05, 3.63) is 0 Å². The predicted octanol–water partition coefficient (Wildman–Crippen LogP) is -0.846. The summed E-state index contributed by atoms with van der Waals surface area (Å²) in [6.07, 6.45) is -5.36. The predicted molar refractivity (Wildman–Crippen MR) is 52.7 cm³/mol. The second kappa shape index (κ2) is 5.70. The molecule has 0 aromatic heterocycles. The summed E-state index contributed by atoms with van der Waals surface area (Å²) in [6.45, 7) is -14.3. The highest BCUT2D eigenvalue weighted by atomic mass is 16.5. The van der Waals surface area contributed by atoms with Gasteiger partial charge in [0.1, 0.15) is 6.50 Å². The largest absolute Gasteiger partial charge is 0.550 e. The lowest BCUT2D eigenvalue weighted by molar-refractivity contribution is -0.891. The zero-order chi connectivity index (χ0) is 21.6. The molecule has 0 heterocycles. The van der Waals surface area contributed by atoms with Crippen LogP contribution in [0.5, 0.6) is 0 Å². The van der Waals surface area contributed by atoms with E-state index in [1.54, 1.807) is 0 Å². The zero-order valence-corrected chi connectivity index (χ0v) is 8.29. The molecule has 0 saturated carbocycles. The van der Waals surface area contributed by atoms with Crippen LogP contribution in [0, 0.1) is 0 Å². The van der Waals surface area contributed by atoms with Crippen molar-refractivity contribution in [1.29, 1.82) is 0 Å². The Labute approximate surface area is 106 Å². The summed E-state index contributed by atoms with van der Waals surface area (Å²) >= 11 is 0. The van der Waals surface area contributed by atoms with Gasteiger partial charge in [0.15, 0.2) is 6.08 Å². The van der Waals surface area contributed by atoms with Crippen molar-refractivity contribution >= 4 is 11.9 Å². The van der Waals surface area contributed by atoms with Crippen molar-refractivity contribution < 1.29 is 39.0 Å². The smallest absolute Gasteiger partial charge is 0.303 e. The van der Waals surface area contributed by atoms with Crippen LogP contribution in [0.3, 0.4) is 0 Å². The second-order valence-corrected chi connectivity index (χ2v) is 2.57. The molecule has 0 aromatic rings. The van der Waals surface area contributed by atoms with Crippen LogP contribution in [0.4, 0.5) is 0 Å². The van der Waals surface area contributed by atoms with Crippen molar-refractivity contribution in [2.45, 2.75) is 26.3 Å². The first-order chi connectivity index (χ1) is 11.1. The Balaban J connectivity index is 7.20. The molecule has 0 radical (unpaired) electrons. The van der Waals surface area contributed by atoms with Crippen LogP contribution in [-0.4, -0.2) is 49.4 Å². The van der Waals surface area contributed by atoms with Crippen molar-refractivity contribution in [3.8, 4) is 0 Å². The molecule has 0 aliphatic heterocycles. The van der Waals surface area contributed by atoms with Gasteiger partial charge in [-0.2, -0.15) is 0 Å². The maximum Gasteiger partial charge on any atom is 0.303 e. The van der Waals surface area contributed by atoms with E-state index in [0.29, 0.717) is 13.8 Å². The molecule has 0 amide bonds. The number of hydrogen-bond acceptors (Lipinski definition) is 4. The molecule has 0 aromatic carbocycles. The molecule has 5 heteroatoms. The molecule has 0 aliphatic rings. The van der Waals surface area contributed by atoms with Gasteiger partial charge in [-0.1, -0.05) is 0 Å². The lowest BCUT2D eigenvalue weighted by atomic mass is 10.2. The lowest BCUT2D eigenvalue weighted by Gasteiger charge is -2.32. The van der Waals surface area contributed by atoms with Crippen LogP contribution in [0.1, 0.15) is 35.3 Å². The van der Waals surface area contributed by atoms with Gasteiger partial charge in [-0.25, -0.2) is 0 Å². The molecular formula is C10H19NO4.